The van der Waals surface area contributed by atoms with Crippen molar-refractivity contribution >= 4 is 23.6 Å². The molecule has 0 saturated carbocycles. The Labute approximate surface area is 209 Å². The van der Waals surface area contributed by atoms with E-state index in [0.717, 1.165) is 16.7 Å². The summed E-state index contributed by atoms with van der Waals surface area (Å²) in [6.45, 7) is 16.4. The zero-order chi connectivity index (χ0) is 26.6. The van der Waals surface area contributed by atoms with E-state index in [-0.39, 0.29) is 12.5 Å². The van der Waals surface area contributed by atoms with Crippen LogP contribution in [0, 0.1) is 20.8 Å². The molecule has 2 aromatic carbocycles. The van der Waals surface area contributed by atoms with E-state index in [1.165, 1.54) is 4.90 Å². The van der Waals surface area contributed by atoms with Gasteiger partial charge in [0.15, 0.2) is 0 Å². The molecule has 2 N–H and O–H groups in total. The molecular weight excluding hydrogens is 442 g/mol. The Kier molecular flexibility index (Phi) is 8.71. The number of benzene rings is 2. The van der Waals surface area contributed by atoms with E-state index >= 15 is 0 Å². The number of amides is 3. The van der Waals surface area contributed by atoms with Gasteiger partial charge < -0.3 is 20.3 Å². The number of nitrogens with zero attached hydrogens (tertiary/aromatic N) is 1. The van der Waals surface area contributed by atoms with E-state index in [9.17, 15) is 14.4 Å². The lowest BCUT2D eigenvalue weighted by Gasteiger charge is -2.41. The van der Waals surface area contributed by atoms with Gasteiger partial charge in [-0.15, -0.1) is 0 Å². The summed E-state index contributed by atoms with van der Waals surface area (Å²) in [6.07, 6.45) is -0.688. The number of hydrogen-bond donors (Lipinski definition) is 2. The van der Waals surface area contributed by atoms with Crippen molar-refractivity contribution in [3.8, 4) is 0 Å². The SMILES string of the molecule is Cc1ccc(C(C(=O)Nc2ccccc2C)N(C(=O)CNC(=O)OC(C)(C)C)C(C)(C)C)cc1C. The van der Waals surface area contributed by atoms with Crippen molar-refractivity contribution in [1.29, 1.82) is 0 Å². The summed E-state index contributed by atoms with van der Waals surface area (Å²) in [7, 11) is 0. The Hall–Kier alpha value is -3.35. The summed E-state index contributed by atoms with van der Waals surface area (Å²) in [4.78, 5) is 41.0. The molecule has 7 heteroatoms. The quantitative estimate of drug-likeness (QED) is 0.575. The van der Waals surface area contributed by atoms with Crippen LogP contribution in [0.15, 0.2) is 42.5 Å². The fourth-order valence-corrected chi connectivity index (χ4v) is 3.72. The van der Waals surface area contributed by atoms with Gasteiger partial charge >= 0.3 is 6.09 Å². The monoisotopic (exact) mass is 481 g/mol. The molecule has 0 heterocycles. The topological polar surface area (TPSA) is 87.7 Å². The Morgan fingerprint density at radius 3 is 2.06 bits per heavy atom. The van der Waals surface area contributed by atoms with Crippen LogP contribution in [-0.4, -0.2) is 40.5 Å². The van der Waals surface area contributed by atoms with Crippen LogP contribution in [-0.2, 0) is 14.3 Å². The van der Waals surface area contributed by atoms with Crippen LogP contribution in [0.3, 0.4) is 0 Å². The van der Waals surface area contributed by atoms with Gasteiger partial charge in [0.1, 0.15) is 18.2 Å². The van der Waals surface area contributed by atoms with Gasteiger partial charge in [0.2, 0.25) is 5.91 Å². The van der Waals surface area contributed by atoms with E-state index in [1.54, 1.807) is 20.8 Å². The summed E-state index contributed by atoms with van der Waals surface area (Å²) >= 11 is 0. The molecule has 0 aromatic heterocycles. The summed E-state index contributed by atoms with van der Waals surface area (Å²) in [5, 5.41) is 5.53. The molecule has 1 unspecified atom stereocenters. The highest BCUT2D eigenvalue weighted by atomic mass is 16.6. The van der Waals surface area contributed by atoms with Crippen LogP contribution in [0.1, 0.15) is 69.8 Å². The number of nitrogens with one attached hydrogen (secondary N) is 2. The molecule has 2 rings (SSSR count). The van der Waals surface area contributed by atoms with Gasteiger partial charge in [-0.05, 0) is 90.6 Å². The predicted octanol–water partition coefficient (Wildman–Crippen LogP) is 5.44. The highest BCUT2D eigenvalue weighted by molar-refractivity contribution is 5.99. The molecule has 0 fully saturated rings. The van der Waals surface area contributed by atoms with Crippen molar-refractivity contribution < 1.29 is 19.1 Å². The Bertz CT molecular complexity index is 1080. The van der Waals surface area contributed by atoms with Gasteiger partial charge in [-0.1, -0.05) is 36.4 Å². The summed E-state index contributed by atoms with van der Waals surface area (Å²) in [6, 6.07) is 12.3. The van der Waals surface area contributed by atoms with E-state index in [2.05, 4.69) is 10.6 Å². The number of para-hydroxylation sites is 1. The van der Waals surface area contributed by atoms with E-state index < -0.39 is 29.2 Å². The first-order chi connectivity index (χ1) is 16.1. The normalized spacial score (nSPS) is 12.5. The average Bonchev–Trinajstić information content (AvgIpc) is 2.71. The van der Waals surface area contributed by atoms with Crippen LogP contribution in [0.4, 0.5) is 10.5 Å². The maximum absolute atomic E-state index is 13.8. The summed E-state index contributed by atoms with van der Waals surface area (Å²) in [5.74, 6) is -0.727. The molecule has 35 heavy (non-hydrogen) atoms. The molecule has 0 aliphatic rings. The molecule has 0 aliphatic heterocycles. The zero-order valence-corrected chi connectivity index (χ0v) is 22.4. The first-order valence-corrected chi connectivity index (χ1v) is 11.8. The van der Waals surface area contributed by atoms with E-state index in [4.69, 9.17) is 4.74 Å². The van der Waals surface area contributed by atoms with Gasteiger partial charge in [0, 0.05) is 11.2 Å². The molecule has 2 aromatic rings. The standard InChI is InChI=1S/C28H39N3O4/c1-18-14-15-21(16-20(18)3)24(25(33)30-22-13-11-10-12-19(22)2)31(27(4,5)6)23(32)17-29-26(34)35-28(7,8)9/h10-16,24H,17H2,1-9H3,(H,29,34)(H,30,33). The lowest BCUT2D eigenvalue weighted by Crippen LogP contribution is -2.54. The molecule has 190 valence electrons. The lowest BCUT2D eigenvalue weighted by atomic mass is 9.94. The van der Waals surface area contributed by atoms with Crippen molar-refractivity contribution in [1.82, 2.24) is 10.2 Å². The Morgan fingerprint density at radius 2 is 1.51 bits per heavy atom. The molecule has 0 spiro atoms. The van der Waals surface area contributed by atoms with Crippen LogP contribution < -0.4 is 10.6 Å². The van der Waals surface area contributed by atoms with Crippen molar-refractivity contribution in [2.45, 2.75) is 79.5 Å². The maximum Gasteiger partial charge on any atom is 0.408 e. The maximum atomic E-state index is 13.8. The third kappa shape index (κ3) is 7.84. The van der Waals surface area contributed by atoms with Crippen molar-refractivity contribution in [3.05, 3.63) is 64.7 Å². The molecule has 3 amide bonds. The fraction of sp³-hybridized carbons (Fsp3) is 0.464. The number of carbonyl (C=O) groups is 3. The van der Waals surface area contributed by atoms with Crippen molar-refractivity contribution in [2.75, 3.05) is 11.9 Å². The second kappa shape index (κ2) is 10.9. The van der Waals surface area contributed by atoms with Gasteiger partial charge in [0.05, 0.1) is 0 Å². The molecule has 7 nitrogen and oxygen atoms in total. The minimum atomic E-state index is -0.915. The molecule has 0 radical (unpaired) electrons. The molecule has 0 bridgehead atoms. The highest BCUT2D eigenvalue weighted by Crippen LogP contribution is 2.31. The number of ether oxygens (including phenoxy) is 1. The van der Waals surface area contributed by atoms with Crippen LogP contribution >= 0.6 is 0 Å². The Morgan fingerprint density at radius 1 is 0.886 bits per heavy atom. The fourth-order valence-electron chi connectivity index (χ4n) is 3.72. The van der Waals surface area contributed by atoms with Crippen LogP contribution in [0.2, 0.25) is 0 Å². The third-order valence-electron chi connectivity index (χ3n) is 5.53. The largest absolute Gasteiger partial charge is 0.444 e. The van der Waals surface area contributed by atoms with Gasteiger partial charge in [-0.3, -0.25) is 9.59 Å². The Balaban J connectivity index is 2.46. The van der Waals surface area contributed by atoms with Gasteiger partial charge in [0.25, 0.3) is 5.91 Å². The number of carbonyl (C=O) groups excluding carboxylic acids is 3. The molecule has 0 saturated heterocycles. The van der Waals surface area contributed by atoms with Gasteiger partial charge in [-0.25, -0.2) is 4.79 Å². The molecule has 0 aliphatic carbocycles. The molecular formula is C28H39N3O4. The highest BCUT2D eigenvalue weighted by Gasteiger charge is 2.39. The number of rotatable bonds is 6. The average molecular weight is 482 g/mol. The minimum Gasteiger partial charge on any atom is -0.444 e. The third-order valence-corrected chi connectivity index (χ3v) is 5.53. The van der Waals surface area contributed by atoms with E-state index in [0.29, 0.717) is 11.3 Å². The van der Waals surface area contributed by atoms with Crippen LogP contribution in [0.25, 0.3) is 0 Å². The number of anilines is 1. The van der Waals surface area contributed by atoms with Crippen molar-refractivity contribution in [3.63, 3.8) is 0 Å². The zero-order valence-electron chi connectivity index (χ0n) is 22.4. The smallest absolute Gasteiger partial charge is 0.408 e. The summed E-state index contributed by atoms with van der Waals surface area (Å²) in [5.41, 5.74) is 2.99. The first-order valence-electron chi connectivity index (χ1n) is 11.8. The number of alkyl carbamates (subject to hydrolysis) is 1. The summed E-state index contributed by atoms with van der Waals surface area (Å²) < 4.78 is 5.27. The minimum absolute atomic E-state index is 0.300. The predicted molar refractivity (Wildman–Crippen MR) is 139 cm³/mol. The second-order valence-corrected chi connectivity index (χ2v) is 10.8. The second-order valence-electron chi connectivity index (χ2n) is 10.8. The number of aryl methyl sites for hydroxylation is 3. The number of hydrogen-bond acceptors (Lipinski definition) is 4. The first kappa shape index (κ1) is 27.9. The molecule has 1 atom stereocenters. The van der Waals surface area contributed by atoms with Crippen LogP contribution in [0.5, 0.6) is 0 Å². The van der Waals surface area contributed by atoms with E-state index in [1.807, 2.05) is 84.0 Å². The van der Waals surface area contributed by atoms with Gasteiger partial charge in [-0.2, -0.15) is 0 Å². The van der Waals surface area contributed by atoms with Crippen molar-refractivity contribution in [2.24, 2.45) is 0 Å². The lowest BCUT2D eigenvalue weighted by molar-refractivity contribution is -0.144.